The number of benzene rings is 1. The molecule has 1 fully saturated rings. The molecular formula is C18H26N2O3. The number of nitrogens with one attached hydrogen (secondary N) is 1. The SMILES string of the molecule is CCC(=O)N1CCC[C@@H]1COc1ccc(C(=O)NC(C)C)cc1. The van der Waals surface area contributed by atoms with Crippen molar-refractivity contribution in [3.05, 3.63) is 29.8 Å². The van der Waals surface area contributed by atoms with Gasteiger partial charge in [0.15, 0.2) is 0 Å². The molecule has 0 spiro atoms. The fourth-order valence-corrected chi connectivity index (χ4v) is 2.78. The molecule has 1 aromatic rings. The molecule has 5 nitrogen and oxygen atoms in total. The van der Waals surface area contributed by atoms with Crippen molar-refractivity contribution in [2.45, 2.75) is 52.1 Å². The Morgan fingerprint density at radius 3 is 2.61 bits per heavy atom. The molecule has 126 valence electrons. The minimum atomic E-state index is -0.0814. The summed E-state index contributed by atoms with van der Waals surface area (Å²) < 4.78 is 5.81. The summed E-state index contributed by atoms with van der Waals surface area (Å²) in [6, 6.07) is 7.40. The first kappa shape index (κ1) is 17.3. The van der Waals surface area contributed by atoms with Crippen molar-refractivity contribution < 1.29 is 14.3 Å². The highest BCUT2D eigenvalue weighted by molar-refractivity contribution is 5.94. The Bertz CT molecular complexity index is 540. The molecule has 0 bridgehead atoms. The number of likely N-dealkylation sites (tertiary alicyclic amines) is 1. The van der Waals surface area contributed by atoms with E-state index in [-0.39, 0.29) is 23.9 Å². The van der Waals surface area contributed by atoms with E-state index in [9.17, 15) is 9.59 Å². The Labute approximate surface area is 138 Å². The van der Waals surface area contributed by atoms with Gasteiger partial charge in [-0.2, -0.15) is 0 Å². The van der Waals surface area contributed by atoms with Crippen LogP contribution in [-0.2, 0) is 4.79 Å². The molecule has 1 heterocycles. The van der Waals surface area contributed by atoms with Crippen LogP contribution in [0.5, 0.6) is 5.75 Å². The number of amides is 2. The zero-order valence-electron chi connectivity index (χ0n) is 14.2. The lowest BCUT2D eigenvalue weighted by Gasteiger charge is -2.24. The van der Waals surface area contributed by atoms with Gasteiger partial charge in [-0.3, -0.25) is 9.59 Å². The zero-order chi connectivity index (χ0) is 16.8. The molecular weight excluding hydrogens is 292 g/mol. The standard InChI is InChI=1S/C18H26N2O3/c1-4-17(21)20-11-5-6-15(20)12-23-16-9-7-14(8-10-16)18(22)19-13(2)3/h7-10,13,15H,4-6,11-12H2,1-3H3,(H,19,22)/t15-/m1/s1. The summed E-state index contributed by atoms with van der Waals surface area (Å²) in [7, 11) is 0. The van der Waals surface area contributed by atoms with Crippen molar-refractivity contribution in [2.75, 3.05) is 13.2 Å². The van der Waals surface area contributed by atoms with Crippen LogP contribution in [0.15, 0.2) is 24.3 Å². The molecule has 1 aliphatic rings. The smallest absolute Gasteiger partial charge is 0.251 e. The lowest BCUT2D eigenvalue weighted by molar-refractivity contribution is -0.132. The second-order valence-electron chi connectivity index (χ2n) is 6.20. The third-order valence-corrected chi connectivity index (χ3v) is 3.98. The van der Waals surface area contributed by atoms with E-state index in [1.54, 1.807) is 24.3 Å². The molecule has 1 aromatic carbocycles. The van der Waals surface area contributed by atoms with E-state index in [0.717, 1.165) is 25.1 Å². The molecule has 0 aliphatic carbocycles. The van der Waals surface area contributed by atoms with Crippen molar-refractivity contribution in [1.82, 2.24) is 10.2 Å². The van der Waals surface area contributed by atoms with Crippen molar-refractivity contribution in [1.29, 1.82) is 0 Å². The Morgan fingerprint density at radius 2 is 2.00 bits per heavy atom. The van der Waals surface area contributed by atoms with Gasteiger partial charge in [0.2, 0.25) is 5.91 Å². The van der Waals surface area contributed by atoms with E-state index in [0.29, 0.717) is 18.6 Å². The molecule has 1 saturated heterocycles. The lowest BCUT2D eigenvalue weighted by Crippen LogP contribution is -2.38. The van der Waals surface area contributed by atoms with Crippen LogP contribution in [0.2, 0.25) is 0 Å². The quantitative estimate of drug-likeness (QED) is 0.877. The van der Waals surface area contributed by atoms with Gasteiger partial charge in [0.1, 0.15) is 12.4 Å². The van der Waals surface area contributed by atoms with Crippen LogP contribution in [0, 0.1) is 0 Å². The fourth-order valence-electron chi connectivity index (χ4n) is 2.78. The number of nitrogens with zero attached hydrogens (tertiary/aromatic N) is 1. The average molecular weight is 318 g/mol. The summed E-state index contributed by atoms with van der Waals surface area (Å²) >= 11 is 0. The topological polar surface area (TPSA) is 58.6 Å². The zero-order valence-corrected chi connectivity index (χ0v) is 14.2. The lowest BCUT2D eigenvalue weighted by atomic mass is 10.2. The molecule has 2 rings (SSSR count). The number of ether oxygens (including phenoxy) is 1. The van der Waals surface area contributed by atoms with Gasteiger partial charge >= 0.3 is 0 Å². The molecule has 0 saturated carbocycles. The third-order valence-electron chi connectivity index (χ3n) is 3.98. The van der Waals surface area contributed by atoms with Crippen LogP contribution in [-0.4, -0.2) is 41.9 Å². The maximum atomic E-state index is 11.9. The minimum Gasteiger partial charge on any atom is -0.491 e. The Balaban J connectivity index is 1.89. The molecule has 23 heavy (non-hydrogen) atoms. The monoisotopic (exact) mass is 318 g/mol. The molecule has 0 radical (unpaired) electrons. The van der Waals surface area contributed by atoms with Crippen LogP contribution < -0.4 is 10.1 Å². The number of carbonyl (C=O) groups excluding carboxylic acids is 2. The number of hydrogen-bond donors (Lipinski definition) is 1. The molecule has 1 N–H and O–H groups in total. The molecule has 0 aromatic heterocycles. The van der Waals surface area contributed by atoms with E-state index in [2.05, 4.69) is 5.32 Å². The first-order valence-electron chi connectivity index (χ1n) is 8.34. The van der Waals surface area contributed by atoms with Gasteiger partial charge in [0.25, 0.3) is 5.91 Å². The molecule has 0 unspecified atom stereocenters. The van der Waals surface area contributed by atoms with Gasteiger partial charge < -0.3 is 15.0 Å². The predicted octanol–water partition coefficient (Wildman–Crippen LogP) is 2.60. The van der Waals surface area contributed by atoms with Crippen LogP contribution in [0.4, 0.5) is 0 Å². The highest BCUT2D eigenvalue weighted by Crippen LogP contribution is 2.20. The highest BCUT2D eigenvalue weighted by Gasteiger charge is 2.28. The van der Waals surface area contributed by atoms with E-state index in [4.69, 9.17) is 4.74 Å². The summed E-state index contributed by atoms with van der Waals surface area (Å²) in [6.07, 6.45) is 2.56. The maximum absolute atomic E-state index is 11.9. The maximum Gasteiger partial charge on any atom is 0.251 e. The van der Waals surface area contributed by atoms with Crippen molar-refractivity contribution in [3.63, 3.8) is 0 Å². The summed E-state index contributed by atoms with van der Waals surface area (Å²) in [5.74, 6) is 0.834. The van der Waals surface area contributed by atoms with E-state index in [1.807, 2.05) is 25.7 Å². The van der Waals surface area contributed by atoms with Crippen LogP contribution in [0.3, 0.4) is 0 Å². The average Bonchev–Trinajstić information content (AvgIpc) is 3.00. The van der Waals surface area contributed by atoms with Crippen LogP contribution in [0.1, 0.15) is 50.4 Å². The van der Waals surface area contributed by atoms with E-state index < -0.39 is 0 Å². The predicted molar refractivity (Wildman–Crippen MR) is 89.6 cm³/mol. The van der Waals surface area contributed by atoms with Crippen LogP contribution in [0.25, 0.3) is 0 Å². The number of carbonyl (C=O) groups is 2. The third kappa shape index (κ3) is 4.71. The van der Waals surface area contributed by atoms with Crippen molar-refractivity contribution >= 4 is 11.8 Å². The van der Waals surface area contributed by atoms with Crippen molar-refractivity contribution in [2.24, 2.45) is 0 Å². The van der Waals surface area contributed by atoms with Crippen molar-refractivity contribution in [3.8, 4) is 5.75 Å². The first-order valence-corrected chi connectivity index (χ1v) is 8.34. The Morgan fingerprint density at radius 1 is 1.30 bits per heavy atom. The Hall–Kier alpha value is -2.04. The first-order chi connectivity index (χ1) is 11.0. The minimum absolute atomic E-state index is 0.0814. The second-order valence-corrected chi connectivity index (χ2v) is 6.20. The van der Waals surface area contributed by atoms with Crippen LogP contribution >= 0.6 is 0 Å². The Kier molecular flexibility index (Phi) is 6.02. The molecule has 1 aliphatic heterocycles. The van der Waals surface area contributed by atoms with Gasteiger partial charge in [0.05, 0.1) is 6.04 Å². The van der Waals surface area contributed by atoms with Gasteiger partial charge in [-0.25, -0.2) is 0 Å². The highest BCUT2D eigenvalue weighted by atomic mass is 16.5. The van der Waals surface area contributed by atoms with E-state index in [1.165, 1.54) is 0 Å². The summed E-state index contributed by atoms with van der Waals surface area (Å²) in [5, 5.41) is 2.86. The van der Waals surface area contributed by atoms with E-state index >= 15 is 0 Å². The van der Waals surface area contributed by atoms with Gasteiger partial charge in [-0.05, 0) is 51.0 Å². The molecule has 5 heteroatoms. The molecule has 1 atom stereocenters. The summed E-state index contributed by atoms with van der Waals surface area (Å²) in [5.41, 5.74) is 0.620. The summed E-state index contributed by atoms with van der Waals surface area (Å²) in [6.45, 7) is 7.08. The van der Waals surface area contributed by atoms with Gasteiger partial charge in [-0.1, -0.05) is 6.92 Å². The largest absolute Gasteiger partial charge is 0.491 e. The number of rotatable bonds is 6. The fraction of sp³-hybridized carbons (Fsp3) is 0.556. The molecule has 2 amide bonds. The number of hydrogen-bond acceptors (Lipinski definition) is 3. The second kappa shape index (κ2) is 7.99. The summed E-state index contributed by atoms with van der Waals surface area (Å²) in [4.78, 5) is 25.7. The normalized spacial score (nSPS) is 17.4. The van der Waals surface area contributed by atoms with Gasteiger partial charge in [-0.15, -0.1) is 0 Å². The van der Waals surface area contributed by atoms with Gasteiger partial charge in [0, 0.05) is 24.6 Å².